The van der Waals surface area contributed by atoms with Crippen LogP contribution < -0.4 is 5.32 Å². The quantitative estimate of drug-likeness (QED) is 0.723. The molecule has 0 spiro atoms. The predicted octanol–water partition coefficient (Wildman–Crippen LogP) is 0.210. The first-order valence-corrected chi connectivity index (χ1v) is 5.33. The van der Waals surface area contributed by atoms with Crippen LogP contribution in [-0.4, -0.2) is 50.2 Å². The van der Waals surface area contributed by atoms with Gasteiger partial charge in [0.15, 0.2) is 11.8 Å². The minimum absolute atomic E-state index is 0.293. The molecule has 2 aliphatic heterocycles. The van der Waals surface area contributed by atoms with Crippen LogP contribution in [0.5, 0.6) is 0 Å². The molecular formula is C10H17N3O2. The number of nitrogens with one attached hydrogen (secondary N) is 1. The summed E-state index contributed by atoms with van der Waals surface area (Å²) in [5.41, 5.74) is 0. The Morgan fingerprint density at radius 3 is 1.87 bits per heavy atom. The molecule has 5 nitrogen and oxygen atoms in total. The largest absolute Gasteiger partial charge is 0.478 e. The van der Waals surface area contributed by atoms with Gasteiger partial charge in [-0.15, -0.1) is 0 Å². The molecular weight excluding hydrogens is 194 g/mol. The van der Waals surface area contributed by atoms with E-state index in [0.717, 1.165) is 11.8 Å². The fraction of sp³-hybridized carbons (Fsp3) is 0.800. The molecule has 2 heterocycles. The van der Waals surface area contributed by atoms with Crippen molar-refractivity contribution in [3.8, 4) is 0 Å². The van der Waals surface area contributed by atoms with E-state index in [-0.39, 0.29) is 0 Å². The fourth-order valence-electron chi connectivity index (χ4n) is 1.54. The third-order valence-corrected chi connectivity index (χ3v) is 2.26. The summed E-state index contributed by atoms with van der Waals surface area (Å²) in [5, 5.41) is 3.20. The van der Waals surface area contributed by atoms with Crippen molar-refractivity contribution >= 4 is 11.8 Å². The second kappa shape index (κ2) is 4.61. The number of nitrogens with zero attached hydrogens (tertiary/aromatic N) is 2. The van der Waals surface area contributed by atoms with E-state index in [4.69, 9.17) is 9.47 Å². The van der Waals surface area contributed by atoms with E-state index in [2.05, 4.69) is 15.3 Å². The summed E-state index contributed by atoms with van der Waals surface area (Å²) >= 11 is 0. The molecule has 2 rings (SSSR count). The Hall–Kier alpha value is -1.10. The van der Waals surface area contributed by atoms with E-state index in [0.29, 0.717) is 38.4 Å². The lowest BCUT2D eigenvalue weighted by Gasteiger charge is -2.04. The van der Waals surface area contributed by atoms with Crippen molar-refractivity contribution in [1.29, 1.82) is 0 Å². The molecule has 15 heavy (non-hydrogen) atoms. The molecule has 0 saturated heterocycles. The lowest BCUT2D eigenvalue weighted by molar-refractivity contribution is 0.311. The Morgan fingerprint density at radius 2 is 1.53 bits per heavy atom. The van der Waals surface area contributed by atoms with Gasteiger partial charge < -0.3 is 14.8 Å². The Balaban J connectivity index is 1.67. The Kier molecular flexibility index (Phi) is 3.20. The van der Waals surface area contributed by atoms with Gasteiger partial charge in [-0.05, 0) is 13.8 Å². The van der Waals surface area contributed by atoms with Crippen LogP contribution in [0.1, 0.15) is 13.8 Å². The van der Waals surface area contributed by atoms with Crippen LogP contribution in [0.25, 0.3) is 0 Å². The fourth-order valence-corrected chi connectivity index (χ4v) is 1.54. The van der Waals surface area contributed by atoms with E-state index >= 15 is 0 Å². The number of aliphatic imine (C=N–C) groups is 2. The summed E-state index contributed by atoms with van der Waals surface area (Å²) in [6, 6.07) is 0.587. The Morgan fingerprint density at radius 1 is 1.07 bits per heavy atom. The molecule has 5 heteroatoms. The molecule has 0 aliphatic carbocycles. The summed E-state index contributed by atoms with van der Waals surface area (Å²) in [5.74, 6) is 1.57. The van der Waals surface area contributed by atoms with Gasteiger partial charge in [0.05, 0.1) is 25.2 Å². The van der Waals surface area contributed by atoms with Crippen molar-refractivity contribution in [1.82, 2.24) is 5.32 Å². The van der Waals surface area contributed by atoms with Gasteiger partial charge in [-0.25, -0.2) is 9.98 Å². The van der Waals surface area contributed by atoms with Gasteiger partial charge in [-0.1, -0.05) is 0 Å². The smallest absolute Gasteiger partial charge is 0.198 e. The number of hydrogen-bond acceptors (Lipinski definition) is 5. The van der Waals surface area contributed by atoms with Crippen LogP contribution in [0.15, 0.2) is 9.98 Å². The van der Waals surface area contributed by atoms with Crippen LogP contribution in [0.4, 0.5) is 0 Å². The number of ether oxygens (including phenoxy) is 2. The minimum Gasteiger partial charge on any atom is -0.478 e. The zero-order chi connectivity index (χ0) is 10.7. The first kappa shape index (κ1) is 10.4. The van der Waals surface area contributed by atoms with Gasteiger partial charge in [-0.3, -0.25) is 0 Å². The first-order chi connectivity index (χ1) is 7.24. The highest BCUT2D eigenvalue weighted by molar-refractivity contribution is 5.82. The van der Waals surface area contributed by atoms with Crippen molar-refractivity contribution in [3.63, 3.8) is 0 Å². The maximum atomic E-state index is 5.36. The summed E-state index contributed by atoms with van der Waals surface area (Å²) in [6.07, 6.45) is 0. The summed E-state index contributed by atoms with van der Waals surface area (Å²) in [7, 11) is 0. The van der Waals surface area contributed by atoms with Gasteiger partial charge in [-0.2, -0.15) is 0 Å². The molecule has 0 amide bonds. The predicted molar refractivity (Wildman–Crippen MR) is 58.6 cm³/mol. The monoisotopic (exact) mass is 211 g/mol. The maximum Gasteiger partial charge on any atom is 0.198 e. The van der Waals surface area contributed by atoms with Crippen molar-refractivity contribution in [2.24, 2.45) is 9.98 Å². The van der Waals surface area contributed by atoms with Crippen LogP contribution in [0.2, 0.25) is 0 Å². The highest BCUT2D eigenvalue weighted by Crippen LogP contribution is 2.03. The van der Waals surface area contributed by atoms with Crippen molar-refractivity contribution in [2.45, 2.75) is 25.9 Å². The van der Waals surface area contributed by atoms with E-state index < -0.39 is 0 Å². The molecule has 0 bridgehead atoms. The molecule has 1 N–H and O–H groups in total. The van der Waals surface area contributed by atoms with Crippen LogP contribution in [0.3, 0.4) is 0 Å². The van der Waals surface area contributed by atoms with Gasteiger partial charge in [0, 0.05) is 0 Å². The second-order valence-electron chi connectivity index (χ2n) is 3.97. The molecule has 0 fully saturated rings. The molecule has 0 saturated carbocycles. The van der Waals surface area contributed by atoms with E-state index in [9.17, 15) is 0 Å². The summed E-state index contributed by atoms with van der Waals surface area (Å²) in [4.78, 5) is 8.64. The van der Waals surface area contributed by atoms with Crippen molar-refractivity contribution in [3.05, 3.63) is 0 Å². The average Bonchev–Trinajstić information content (AvgIpc) is 2.76. The second-order valence-corrected chi connectivity index (χ2v) is 3.97. The molecule has 0 aromatic heterocycles. The molecule has 0 aromatic carbocycles. The zero-order valence-corrected chi connectivity index (χ0v) is 9.19. The number of rotatable bonds is 4. The summed E-state index contributed by atoms with van der Waals surface area (Å²) < 4.78 is 10.7. The van der Waals surface area contributed by atoms with Crippen molar-refractivity contribution in [2.75, 3.05) is 26.3 Å². The van der Waals surface area contributed by atoms with Crippen LogP contribution in [0, 0.1) is 0 Å². The standard InChI is InChI=1S/C10H17N3O2/c1-7-5-14-9(12-7)3-11-4-10-13-8(2)6-15-10/h7-8,11H,3-6H2,1-2H3. The third-order valence-electron chi connectivity index (χ3n) is 2.26. The van der Waals surface area contributed by atoms with Gasteiger partial charge in [0.1, 0.15) is 13.2 Å². The van der Waals surface area contributed by atoms with Gasteiger partial charge in [0.2, 0.25) is 0 Å². The normalized spacial score (nSPS) is 29.5. The van der Waals surface area contributed by atoms with E-state index in [1.54, 1.807) is 0 Å². The molecule has 0 radical (unpaired) electrons. The van der Waals surface area contributed by atoms with Crippen LogP contribution in [-0.2, 0) is 9.47 Å². The Labute approximate surface area is 89.6 Å². The highest BCUT2D eigenvalue weighted by Gasteiger charge is 2.16. The van der Waals surface area contributed by atoms with E-state index in [1.165, 1.54) is 0 Å². The number of hydrogen-bond donors (Lipinski definition) is 1. The molecule has 0 aromatic rings. The van der Waals surface area contributed by atoms with Crippen molar-refractivity contribution < 1.29 is 9.47 Å². The first-order valence-electron chi connectivity index (χ1n) is 5.33. The lowest BCUT2D eigenvalue weighted by atomic mass is 10.4. The average molecular weight is 211 g/mol. The Bertz CT molecular complexity index is 260. The molecule has 2 atom stereocenters. The van der Waals surface area contributed by atoms with Gasteiger partial charge in [0.25, 0.3) is 0 Å². The minimum atomic E-state index is 0.293. The zero-order valence-electron chi connectivity index (χ0n) is 9.19. The molecule has 84 valence electrons. The highest BCUT2D eigenvalue weighted by atomic mass is 16.5. The molecule has 2 aliphatic rings. The maximum absolute atomic E-state index is 5.36. The lowest BCUT2D eigenvalue weighted by Crippen LogP contribution is -2.28. The van der Waals surface area contributed by atoms with Gasteiger partial charge >= 0.3 is 0 Å². The third kappa shape index (κ3) is 2.92. The topological polar surface area (TPSA) is 55.2 Å². The van der Waals surface area contributed by atoms with Crippen LogP contribution >= 0.6 is 0 Å². The van der Waals surface area contributed by atoms with E-state index in [1.807, 2.05) is 13.8 Å². The SMILES string of the molecule is CC1COC(CNCC2=NC(C)CO2)=N1. The molecule has 2 unspecified atom stereocenters. The summed E-state index contributed by atoms with van der Waals surface area (Å²) in [6.45, 7) is 6.79.